The highest BCUT2D eigenvalue weighted by Crippen LogP contribution is 2.25. The molecule has 0 radical (unpaired) electrons. The molecule has 3 nitrogen and oxygen atoms in total. The van der Waals surface area contributed by atoms with Crippen molar-refractivity contribution < 1.29 is 17.9 Å². The van der Waals surface area contributed by atoms with Gasteiger partial charge in [-0.05, 0) is 35.8 Å². The third-order valence-corrected chi connectivity index (χ3v) is 2.25. The Bertz CT molecular complexity index is 453. The lowest BCUT2D eigenvalue weighted by atomic mass is 10.2. The Morgan fingerprint density at radius 3 is 2.31 bits per heavy atom. The first-order chi connectivity index (χ1) is 7.54. The van der Waals surface area contributed by atoms with Crippen LogP contribution in [0.15, 0.2) is 29.6 Å². The Balaban J connectivity index is 2.17. The van der Waals surface area contributed by atoms with Crippen molar-refractivity contribution >= 4 is 11.5 Å². The van der Waals surface area contributed by atoms with E-state index in [0.717, 1.165) is 0 Å². The Morgan fingerprint density at radius 1 is 1.12 bits per heavy atom. The molecule has 0 spiro atoms. The summed E-state index contributed by atoms with van der Waals surface area (Å²) in [6.07, 6.45) is -4.66. The fourth-order valence-electron chi connectivity index (χ4n) is 1.12. The smallest absolute Gasteiger partial charge is 0.406 e. The van der Waals surface area contributed by atoms with E-state index in [1.54, 1.807) is 5.38 Å². The van der Waals surface area contributed by atoms with Gasteiger partial charge in [-0.1, -0.05) is 4.49 Å². The molecule has 84 valence electrons. The van der Waals surface area contributed by atoms with E-state index in [1.807, 2.05) is 0 Å². The van der Waals surface area contributed by atoms with Gasteiger partial charge in [-0.15, -0.1) is 18.3 Å². The van der Waals surface area contributed by atoms with Gasteiger partial charge in [-0.25, -0.2) is 0 Å². The molecule has 1 aromatic heterocycles. The Morgan fingerprint density at radius 2 is 1.81 bits per heavy atom. The van der Waals surface area contributed by atoms with Crippen LogP contribution >= 0.6 is 11.5 Å². The Labute approximate surface area is 92.7 Å². The number of aromatic nitrogens is 2. The zero-order valence-corrected chi connectivity index (χ0v) is 8.55. The van der Waals surface area contributed by atoms with Crippen molar-refractivity contribution in [1.82, 2.24) is 9.59 Å². The normalized spacial score (nSPS) is 11.4. The fraction of sp³-hybridized carbons (Fsp3) is 0.111. The van der Waals surface area contributed by atoms with Crippen molar-refractivity contribution in [3.05, 3.63) is 29.6 Å². The second-order valence-corrected chi connectivity index (χ2v) is 3.47. The van der Waals surface area contributed by atoms with Gasteiger partial charge in [0.2, 0.25) is 0 Å². The van der Waals surface area contributed by atoms with Crippen LogP contribution in [0, 0.1) is 0 Å². The summed E-state index contributed by atoms with van der Waals surface area (Å²) in [6.45, 7) is 0. The van der Waals surface area contributed by atoms with Gasteiger partial charge >= 0.3 is 6.36 Å². The summed E-state index contributed by atoms with van der Waals surface area (Å²) in [5, 5.41) is 5.50. The van der Waals surface area contributed by atoms with E-state index in [-0.39, 0.29) is 5.75 Å². The fourth-order valence-corrected chi connectivity index (χ4v) is 1.58. The molecule has 0 aliphatic rings. The lowest BCUT2D eigenvalue weighted by Crippen LogP contribution is -2.16. The number of nitrogens with zero attached hydrogens (tertiary/aromatic N) is 2. The van der Waals surface area contributed by atoms with Crippen molar-refractivity contribution in [2.24, 2.45) is 0 Å². The van der Waals surface area contributed by atoms with E-state index in [1.165, 1.54) is 35.8 Å². The van der Waals surface area contributed by atoms with Crippen LogP contribution in [0.3, 0.4) is 0 Å². The number of ether oxygens (including phenoxy) is 1. The Hall–Kier alpha value is -1.63. The van der Waals surface area contributed by atoms with Crippen molar-refractivity contribution in [2.75, 3.05) is 0 Å². The highest BCUT2D eigenvalue weighted by Gasteiger charge is 2.30. The van der Waals surface area contributed by atoms with E-state index in [4.69, 9.17) is 0 Å². The average Bonchev–Trinajstić information content (AvgIpc) is 2.69. The zero-order chi connectivity index (χ0) is 11.6. The number of benzene rings is 1. The minimum Gasteiger partial charge on any atom is -0.406 e. The summed E-state index contributed by atoms with van der Waals surface area (Å²) in [5.41, 5.74) is 1.33. The highest BCUT2D eigenvalue weighted by molar-refractivity contribution is 7.03. The van der Waals surface area contributed by atoms with Crippen LogP contribution in [0.2, 0.25) is 0 Å². The maximum atomic E-state index is 11.9. The third-order valence-electron chi connectivity index (χ3n) is 1.74. The van der Waals surface area contributed by atoms with Crippen LogP contribution in [0.25, 0.3) is 11.3 Å². The van der Waals surface area contributed by atoms with Gasteiger partial charge in [0.25, 0.3) is 0 Å². The van der Waals surface area contributed by atoms with E-state index in [2.05, 4.69) is 14.3 Å². The first kappa shape index (κ1) is 10.9. The molecule has 0 saturated heterocycles. The monoisotopic (exact) mass is 246 g/mol. The molecular formula is C9H5F3N2OS. The standard InChI is InChI=1S/C9H5F3N2OS/c10-9(11,12)15-7-3-1-6(2-4-7)8-5-16-14-13-8/h1-5H. The molecular weight excluding hydrogens is 241 g/mol. The number of alkyl halides is 3. The number of hydrogen-bond donors (Lipinski definition) is 0. The maximum Gasteiger partial charge on any atom is 0.573 e. The van der Waals surface area contributed by atoms with Crippen LogP contribution in [0.4, 0.5) is 13.2 Å². The summed E-state index contributed by atoms with van der Waals surface area (Å²) >= 11 is 1.18. The highest BCUT2D eigenvalue weighted by atomic mass is 32.1. The quantitative estimate of drug-likeness (QED) is 0.816. The first-order valence-electron chi connectivity index (χ1n) is 4.18. The second kappa shape index (κ2) is 4.09. The maximum absolute atomic E-state index is 11.9. The van der Waals surface area contributed by atoms with Crippen molar-refractivity contribution in [1.29, 1.82) is 0 Å². The lowest BCUT2D eigenvalue weighted by molar-refractivity contribution is -0.274. The largest absolute Gasteiger partial charge is 0.573 e. The molecule has 0 N–H and O–H groups in total. The number of halogens is 3. The predicted molar refractivity (Wildman–Crippen MR) is 52.0 cm³/mol. The third kappa shape index (κ3) is 2.69. The van der Waals surface area contributed by atoms with Gasteiger partial charge in [0.1, 0.15) is 11.4 Å². The summed E-state index contributed by atoms with van der Waals surface area (Å²) in [4.78, 5) is 0. The second-order valence-electron chi connectivity index (χ2n) is 2.86. The molecule has 2 rings (SSSR count). The molecule has 7 heteroatoms. The van der Waals surface area contributed by atoms with Gasteiger partial charge in [-0.2, -0.15) is 0 Å². The van der Waals surface area contributed by atoms with Crippen LogP contribution in [-0.4, -0.2) is 15.9 Å². The van der Waals surface area contributed by atoms with Crippen molar-refractivity contribution in [3.63, 3.8) is 0 Å². The molecule has 0 bridgehead atoms. The van der Waals surface area contributed by atoms with Gasteiger partial charge in [0.05, 0.1) is 0 Å². The summed E-state index contributed by atoms with van der Waals surface area (Å²) in [5.74, 6) is -0.251. The molecule has 0 unspecified atom stereocenters. The summed E-state index contributed by atoms with van der Waals surface area (Å²) < 4.78 is 43.0. The van der Waals surface area contributed by atoms with E-state index < -0.39 is 6.36 Å². The number of rotatable bonds is 2. The molecule has 2 aromatic rings. The molecule has 0 aliphatic heterocycles. The van der Waals surface area contributed by atoms with Gasteiger partial charge in [0.15, 0.2) is 0 Å². The molecule has 0 aliphatic carbocycles. The van der Waals surface area contributed by atoms with Crippen LogP contribution in [-0.2, 0) is 0 Å². The van der Waals surface area contributed by atoms with Gasteiger partial charge < -0.3 is 4.74 Å². The molecule has 16 heavy (non-hydrogen) atoms. The van der Waals surface area contributed by atoms with E-state index >= 15 is 0 Å². The molecule has 0 atom stereocenters. The molecule has 0 amide bonds. The lowest BCUT2D eigenvalue weighted by Gasteiger charge is -2.08. The van der Waals surface area contributed by atoms with Crippen LogP contribution < -0.4 is 4.74 Å². The van der Waals surface area contributed by atoms with Gasteiger partial charge in [0, 0.05) is 10.9 Å². The number of hydrogen-bond acceptors (Lipinski definition) is 4. The summed E-state index contributed by atoms with van der Waals surface area (Å²) in [6, 6.07) is 5.47. The molecule has 0 saturated carbocycles. The molecule has 1 aromatic carbocycles. The molecule has 1 heterocycles. The van der Waals surface area contributed by atoms with Crippen LogP contribution in [0.5, 0.6) is 5.75 Å². The predicted octanol–water partition coefficient (Wildman–Crippen LogP) is 3.10. The van der Waals surface area contributed by atoms with Gasteiger partial charge in [-0.3, -0.25) is 0 Å². The van der Waals surface area contributed by atoms with Crippen molar-refractivity contribution in [3.8, 4) is 17.0 Å². The minimum absolute atomic E-state index is 0.251. The Kier molecular flexibility index (Phi) is 2.78. The van der Waals surface area contributed by atoms with E-state index in [9.17, 15) is 13.2 Å². The van der Waals surface area contributed by atoms with E-state index in [0.29, 0.717) is 11.3 Å². The zero-order valence-electron chi connectivity index (χ0n) is 7.73. The molecule has 0 fully saturated rings. The average molecular weight is 246 g/mol. The van der Waals surface area contributed by atoms with Crippen molar-refractivity contribution in [2.45, 2.75) is 6.36 Å². The topological polar surface area (TPSA) is 35.0 Å². The van der Waals surface area contributed by atoms with Crippen LogP contribution in [0.1, 0.15) is 0 Å². The first-order valence-corrected chi connectivity index (χ1v) is 5.01. The summed E-state index contributed by atoms with van der Waals surface area (Å²) in [7, 11) is 0. The SMILES string of the molecule is FC(F)(F)Oc1ccc(-c2csnn2)cc1. The minimum atomic E-state index is -4.66.